The van der Waals surface area contributed by atoms with Crippen molar-refractivity contribution in [2.45, 2.75) is 0 Å². The number of nitrogens with one attached hydrogen (secondary N) is 2. The third-order valence-electron chi connectivity index (χ3n) is 3.29. The number of benzene rings is 3. The molecule has 0 saturated heterocycles. The maximum atomic E-state index is 3.49. The van der Waals surface area contributed by atoms with Gasteiger partial charge in [-0.1, -0.05) is 18.2 Å². The average Bonchev–Trinajstić information content (AvgIpc) is 2.59. The van der Waals surface area contributed by atoms with Crippen LogP contribution in [0.5, 0.6) is 0 Å². The maximum Gasteiger partial charge on any atom is 0.285 e. The summed E-state index contributed by atoms with van der Waals surface area (Å²) in [6.07, 6.45) is 0. The predicted molar refractivity (Wildman–Crippen MR) is 113 cm³/mol. The Labute approximate surface area is 163 Å². The van der Waals surface area contributed by atoms with Gasteiger partial charge in [0.05, 0.1) is 5.56 Å². The maximum absolute atomic E-state index is 3.49. The average molecular weight is 525 g/mol. The summed E-state index contributed by atoms with van der Waals surface area (Å²) in [4.78, 5) is 3.49. The molecule has 0 spiro atoms. The van der Waals surface area contributed by atoms with Crippen LogP contribution in [-0.4, -0.2) is 5.84 Å². The van der Waals surface area contributed by atoms with E-state index in [0.717, 1.165) is 22.8 Å². The Morgan fingerprint density at radius 3 is 1.87 bits per heavy atom. The summed E-state index contributed by atoms with van der Waals surface area (Å²) < 4.78 is 2.44. The number of hydrogen-bond acceptors (Lipinski definition) is 0. The minimum Gasteiger partial charge on any atom is -0.240 e. The fourth-order valence-electron chi connectivity index (χ4n) is 2.14. The standard InChI is InChI=1S/C19H14I2N2/c20-15-6-10-17(11-7-15)22-19(14-4-2-1-3-5-14)23-18-12-8-16(21)9-13-18/h1-13H,(H,22,23)/p+1. The molecule has 2 N–H and O–H groups in total. The molecule has 0 radical (unpaired) electrons. The first kappa shape index (κ1) is 16.4. The van der Waals surface area contributed by atoms with E-state index in [1.165, 1.54) is 7.14 Å². The van der Waals surface area contributed by atoms with E-state index >= 15 is 0 Å². The molecule has 0 aliphatic carbocycles. The van der Waals surface area contributed by atoms with Crippen molar-refractivity contribution in [3.63, 3.8) is 0 Å². The lowest BCUT2D eigenvalue weighted by molar-refractivity contribution is -0.352. The van der Waals surface area contributed by atoms with Crippen molar-refractivity contribution in [1.82, 2.24) is 0 Å². The second kappa shape index (κ2) is 7.92. The molecule has 0 amide bonds. The molecule has 0 aliphatic rings. The van der Waals surface area contributed by atoms with Crippen LogP contribution in [0.25, 0.3) is 0 Å². The fraction of sp³-hybridized carbons (Fsp3) is 0. The topological polar surface area (TPSA) is 26.0 Å². The van der Waals surface area contributed by atoms with Crippen LogP contribution in [0.1, 0.15) is 5.56 Å². The molecular weight excluding hydrogens is 510 g/mol. The van der Waals surface area contributed by atoms with E-state index in [1.54, 1.807) is 0 Å². The van der Waals surface area contributed by atoms with Crippen molar-refractivity contribution in [3.8, 4) is 0 Å². The normalized spacial score (nSPS) is 11.3. The van der Waals surface area contributed by atoms with Gasteiger partial charge in [-0.05, 0) is 106 Å². The van der Waals surface area contributed by atoms with E-state index in [-0.39, 0.29) is 0 Å². The number of rotatable bonds is 3. The molecule has 0 fully saturated rings. The summed E-state index contributed by atoms with van der Waals surface area (Å²) in [7, 11) is 0. The summed E-state index contributed by atoms with van der Waals surface area (Å²) in [6.45, 7) is 0. The van der Waals surface area contributed by atoms with Gasteiger partial charge in [0.2, 0.25) is 0 Å². The smallest absolute Gasteiger partial charge is 0.240 e. The lowest BCUT2D eigenvalue weighted by Crippen LogP contribution is -2.68. The third-order valence-corrected chi connectivity index (χ3v) is 4.73. The van der Waals surface area contributed by atoms with Crippen LogP contribution >= 0.6 is 45.2 Å². The van der Waals surface area contributed by atoms with E-state index in [9.17, 15) is 0 Å². The molecule has 0 atom stereocenters. The van der Waals surface area contributed by atoms with Gasteiger partial charge in [-0.2, -0.15) is 0 Å². The van der Waals surface area contributed by atoms with Crippen molar-refractivity contribution < 1.29 is 4.99 Å². The van der Waals surface area contributed by atoms with E-state index < -0.39 is 0 Å². The minimum absolute atomic E-state index is 0.966. The zero-order chi connectivity index (χ0) is 16.1. The van der Waals surface area contributed by atoms with Crippen LogP contribution in [-0.2, 0) is 0 Å². The van der Waals surface area contributed by atoms with Gasteiger partial charge >= 0.3 is 0 Å². The van der Waals surface area contributed by atoms with Crippen molar-refractivity contribution in [2.24, 2.45) is 0 Å². The molecule has 3 rings (SSSR count). The van der Waals surface area contributed by atoms with Gasteiger partial charge in [0.1, 0.15) is 11.4 Å². The molecule has 0 saturated carbocycles. The Morgan fingerprint density at radius 2 is 1.26 bits per heavy atom. The lowest BCUT2D eigenvalue weighted by Gasteiger charge is -2.04. The van der Waals surface area contributed by atoms with Gasteiger partial charge in [-0.25, -0.2) is 10.3 Å². The number of amidine groups is 1. The van der Waals surface area contributed by atoms with E-state index in [4.69, 9.17) is 0 Å². The first-order valence-corrected chi connectivity index (χ1v) is 9.34. The highest BCUT2D eigenvalue weighted by Gasteiger charge is 2.11. The molecule has 23 heavy (non-hydrogen) atoms. The summed E-state index contributed by atoms with van der Waals surface area (Å²) >= 11 is 4.62. The first-order valence-electron chi connectivity index (χ1n) is 7.18. The second-order valence-electron chi connectivity index (χ2n) is 5.00. The molecule has 0 heterocycles. The van der Waals surface area contributed by atoms with Crippen molar-refractivity contribution in [2.75, 3.05) is 5.32 Å². The van der Waals surface area contributed by atoms with Gasteiger partial charge in [0.25, 0.3) is 5.84 Å². The third kappa shape index (κ3) is 4.78. The highest BCUT2D eigenvalue weighted by Crippen LogP contribution is 2.12. The summed E-state index contributed by atoms with van der Waals surface area (Å²) in [6, 6.07) is 27.0. The fourth-order valence-corrected chi connectivity index (χ4v) is 2.85. The Hall–Kier alpha value is -1.41. The molecule has 0 bridgehead atoms. The van der Waals surface area contributed by atoms with Crippen molar-refractivity contribution in [3.05, 3.63) is 91.6 Å². The quantitative estimate of drug-likeness (QED) is 0.300. The predicted octanol–water partition coefficient (Wildman–Crippen LogP) is 4.17. The first-order chi connectivity index (χ1) is 11.2. The van der Waals surface area contributed by atoms with Crippen LogP contribution in [0.4, 0.5) is 11.4 Å². The highest BCUT2D eigenvalue weighted by molar-refractivity contribution is 14.1. The van der Waals surface area contributed by atoms with E-state index in [1.807, 2.05) is 18.2 Å². The second-order valence-corrected chi connectivity index (χ2v) is 7.50. The Kier molecular flexibility index (Phi) is 5.66. The summed E-state index contributed by atoms with van der Waals surface area (Å²) in [5, 5.41) is 3.49. The Morgan fingerprint density at radius 1 is 0.696 bits per heavy atom. The van der Waals surface area contributed by atoms with Crippen LogP contribution < -0.4 is 10.3 Å². The molecule has 4 heteroatoms. The van der Waals surface area contributed by atoms with Crippen molar-refractivity contribution in [1.29, 1.82) is 0 Å². The largest absolute Gasteiger partial charge is 0.285 e. The van der Waals surface area contributed by atoms with Gasteiger partial charge in [-0.15, -0.1) is 0 Å². The highest BCUT2D eigenvalue weighted by atomic mass is 127. The number of halogens is 2. The van der Waals surface area contributed by atoms with E-state index in [2.05, 4.69) is 116 Å². The van der Waals surface area contributed by atoms with Crippen LogP contribution in [0.15, 0.2) is 78.9 Å². The zero-order valence-corrected chi connectivity index (χ0v) is 16.6. The van der Waals surface area contributed by atoms with Gasteiger partial charge in [-0.3, -0.25) is 0 Å². The summed E-state index contributed by atoms with van der Waals surface area (Å²) in [5.41, 5.74) is 3.23. The van der Waals surface area contributed by atoms with Crippen LogP contribution in [0.3, 0.4) is 0 Å². The number of hydrogen-bond donors (Lipinski definition) is 2. The molecule has 0 aromatic heterocycles. The van der Waals surface area contributed by atoms with Gasteiger partial charge in [0.15, 0.2) is 0 Å². The Bertz CT molecular complexity index is 795. The molecule has 0 aliphatic heterocycles. The SMILES string of the molecule is Ic1ccc(NC(=[NH+]c2ccc(I)cc2)c2ccccc2)cc1. The number of anilines is 1. The summed E-state index contributed by atoms with van der Waals surface area (Å²) in [5.74, 6) is 0.966. The van der Waals surface area contributed by atoms with Gasteiger partial charge < -0.3 is 0 Å². The Balaban J connectivity index is 1.96. The molecule has 114 valence electrons. The molecule has 0 unspecified atom stereocenters. The lowest BCUT2D eigenvalue weighted by atomic mass is 10.2. The van der Waals surface area contributed by atoms with Crippen LogP contribution in [0.2, 0.25) is 0 Å². The van der Waals surface area contributed by atoms with Crippen molar-refractivity contribution >= 4 is 62.4 Å². The zero-order valence-electron chi connectivity index (χ0n) is 12.3. The van der Waals surface area contributed by atoms with E-state index in [0.29, 0.717) is 0 Å². The molecule has 2 nitrogen and oxygen atoms in total. The van der Waals surface area contributed by atoms with Gasteiger partial charge in [0, 0.05) is 7.14 Å². The molecule has 3 aromatic rings. The minimum atomic E-state index is 0.966. The molecular formula is C19H15I2N2+. The van der Waals surface area contributed by atoms with Crippen LogP contribution in [0, 0.1) is 7.14 Å². The molecule has 3 aromatic carbocycles. The monoisotopic (exact) mass is 525 g/mol.